The average Bonchev–Trinajstić information content (AvgIpc) is 2.93. The number of fused-ring (bicyclic) bond motifs is 1. The van der Waals surface area contributed by atoms with E-state index in [1.165, 1.54) is 12.4 Å². The predicted molar refractivity (Wildman–Crippen MR) is 105 cm³/mol. The first kappa shape index (κ1) is 18.6. The molecule has 0 fully saturated rings. The number of nitrogens with one attached hydrogen (secondary N) is 1. The molecule has 0 radical (unpaired) electrons. The molecule has 0 spiro atoms. The summed E-state index contributed by atoms with van der Waals surface area (Å²) in [6.07, 6.45) is 3.84. The molecule has 1 heterocycles. The molecular weight excluding hydrogens is 372 g/mol. The molecule has 3 aromatic rings. The zero-order chi connectivity index (χ0) is 18.9. The third-order valence-electron chi connectivity index (χ3n) is 4.66. The van der Waals surface area contributed by atoms with Crippen LogP contribution in [0.3, 0.4) is 0 Å². The van der Waals surface area contributed by atoms with E-state index in [1.54, 1.807) is 6.07 Å². The van der Waals surface area contributed by atoms with Gasteiger partial charge >= 0.3 is 10.3 Å². The lowest BCUT2D eigenvalue weighted by atomic mass is 9.75. The van der Waals surface area contributed by atoms with Crippen molar-refractivity contribution < 1.29 is 13.0 Å². The Labute approximate surface area is 157 Å². The molecule has 0 bridgehead atoms. The number of hydrogen-bond donors (Lipinski definition) is 2. The molecule has 0 saturated heterocycles. The highest BCUT2D eigenvalue weighted by atomic mass is 35.5. The number of aromatic nitrogens is 1. The summed E-state index contributed by atoms with van der Waals surface area (Å²) in [5, 5.41) is 8.39. The number of benzene rings is 2. The molecule has 2 aromatic carbocycles. The second-order valence-corrected chi connectivity index (χ2v) is 8.31. The Balaban J connectivity index is 2.12. The molecule has 0 saturated carbocycles. The number of rotatable bonds is 6. The third kappa shape index (κ3) is 3.53. The van der Waals surface area contributed by atoms with Crippen LogP contribution in [0.1, 0.15) is 24.5 Å². The van der Waals surface area contributed by atoms with E-state index in [-0.39, 0.29) is 10.4 Å². The molecule has 0 aliphatic rings. The van der Waals surface area contributed by atoms with Crippen LogP contribution >= 0.6 is 11.6 Å². The van der Waals surface area contributed by atoms with Crippen LogP contribution in [0.25, 0.3) is 10.9 Å². The molecule has 136 valence electrons. The van der Waals surface area contributed by atoms with E-state index in [4.69, 9.17) is 17.0 Å². The van der Waals surface area contributed by atoms with Gasteiger partial charge in [-0.1, -0.05) is 54.9 Å². The first-order valence-electron chi connectivity index (χ1n) is 8.06. The molecule has 7 heteroatoms. The summed E-state index contributed by atoms with van der Waals surface area (Å²) >= 11 is 6.20. The Morgan fingerprint density at radius 2 is 1.92 bits per heavy atom. The maximum absolute atomic E-state index is 11.5. The molecule has 0 amide bonds. The Kier molecular flexibility index (Phi) is 4.92. The lowest BCUT2D eigenvalue weighted by Gasteiger charge is -2.29. The lowest BCUT2D eigenvalue weighted by Crippen LogP contribution is -2.25. The van der Waals surface area contributed by atoms with Crippen molar-refractivity contribution in [3.8, 4) is 0 Å². The van der Waals surface area contributed by atoms with Gasteiger partial charge in [-0.2, -0.15) is 8.42 Å². The maximum Gasteiger partial charge on any atom is 0.363 e. The molecule has 0 aliphatic heterocycles. The molecule has 0 aliphatic carbocycles. The van der Waals surface area contributed by atoms with Crippen molar-refractivity contribution in [3.63, 3.8) is 0 Å². The van der Waals surface area contributed by atoms with Crippen molar-refractivity contribution in [1.82, 2.24) is 3.97 Å². The van der Waals surface area contributed by atoms with Crippen LogP contribution in [-0.4, -0.2) is 23.2 Å². The van der Waals surface area contributed by atoms with Crippen LogP contribution in [0.2, 0.25) is 5.02 Å². The maximum atomic E-state index is 11.5. The summed E-state index contributed by atoms with van der Waals surface area (Å²) in [6.45, 7) is 2.07. The number of halogens is 1. The summed E-state index contributed by atoms with van der Waals surface area (Å²) in [7, 11) is -4.42. The van der Waals surface area contributed by atoms with Crippen LogP contribution in [-0.2, 0) is 22.1 Å². The summed E-state index contributed by atoms with van der Waals surface area (Å²) in [6, 6.07) is 15.3. The van der Waals surface area contributed by atoms with Crippen LogP contribution in [0.5, 0.6) is 0 Å². The topological polar surface area (TPSA) is 83.2 Å². The van der Waals surface area contributed by atoms with Gasteiger partial charge in [0.05, 0.1) is 10.5 Å². The van der Waals surface area contributed by atoms with E-state index in [0.29, 0.717) is 17.3 Å². The highest BCUT2D eigenvalue weighted by Gasteiger charge is 2.27. The van der Waals surface area contributed by atoms with Gasteiger partial charge < -0.3 is 5.41 Å². The fourth-order valence-electron chi connectivity index (χ4n) is 3.29. The summed E-state index contributed by atoms with van der Waals surface area (Å²) in [5.74, 6) is 0. The van der Waals surface area contributed by atoms with Crippen LogP contribution in [0.15, 0.2) is 54.7 Å². The normalized spacial score (nSPS) is 14.3. The lowest BCUT2D eigenvalue weighted by molar-refractivity contribution is 0.474. The van der Waals surface area contributed by atoms with Crippen LogP contribution in [0, 0.1) is 5.41 Å². The van der Waals surface area contributed by atoms with Gasteiger partial charge in [0.1, 0.15) is 0 Å². The molecule has 2 N–H and O–H groups in total. The Hall–Kier alpha value is -2.15. The molecule has 5 nitrogen and oxygen atoms in total. The number of nitrogens with zero attached hydrogens (tertiary/aromatic N) is 1. The Morgan fingerprint density at radius 1 is 1.23 bits per heavy atom. The van der Waals surface area contributed by atoms with E-state index >= 15 is 0 Å². The van der Waals surface area contributed by atoms with Crippen molar-refractivity contribution in [2.45, 2.75) is 25.2 Å². The zero-order valence-corrected chi connectivity index (χ0v) is 15.8. The average molecular weight is 391 g/mol. The van der Waals surface area contributed by atoms with E-state index in [0.717, 1.165) is 21.5 Å². The van der Waals surface area contributed by atoms with Crippen molar-refractivity contribution in [2.75, 3.05) is 0 Å². The second kappa shape index (κ2) is 6.87. The largest absolute Gasteiger partial charge is 0.363 e. The first-order valence-corrected chi connectivity index (χ1v) is 9.84. The van der Waals surface area contributed by atoms with Gasteiger partial charge in [0, 0.05) is 17.0 Å². The van der Waals surface area contributed by atoms with Gasteiger partial charge in [0.2, 0.25) is 0 Å². The zero-order valence-electron chi connectivity index (χ0n) is 14.2. The van der Waals surface area contributed by atoms with Gasteiger partial charge in [-0.3, -0.25) is 4.55 Å². The monoisotopic (exact) mass is 390 g/mol. The minimum absolute atomic E-state index is 0.247. The fourth-order valence-corrected chi connectivity index (χ4v) is 4.24. The van der Waals surface area contributed by atoms with Crippen molar-refractivity contribution in [2.24, 2.45) is 0 Å². The second-order valence-electron chi connectivity index (χ2n) is 6.61. The third-order valence-corrected chi connectivity index (χ3v) is 5.76. The van der Waals surface area contributed by atoms with Gasteiger partial charge in [-0.05, 0) is 42.3 Å². The number of hydrogen-bond acceptors (Lipinski definition) is 3. The predicted octanol–water partition coefficient (Wildman–Crippen LogP) is 4.49. The molecule has 3 rings (SSSR count). The highest BCUT2D eigenvalue weighted by molar-refractivity contribution is 7.84. The first-order chi connectivity index (χ1) is 12.2. The quantitative estimate of drug-likeness (QED) is 0.480. The molecular formula is C19H19ClN2O3S. The van der Waals surface area contributed by atoms with E-state index in [9.17, 15) is 13.0 Å². The highest BCUT2D eigenvalue weighted by Crippen LogP contribution is 2.35. The van der Waals surface area contributed by atoms with Gasteiger partial charge in [-0.15, -0.1) is 0 Å². The minimum Gasteiger partial charge on any atom is -0.313 e. The van der Waals surface area contributed by atoms with Crippen LogP contribution in [0.4, 0.5) is 0 Å². The minimum atomic E-state index is -4.42. The van der Waals surface area contributed by atoms with Gasteiger partial charge in [0.25, 0.3) is 0 Å². The summed E-state index contributed by atoms with van der Waals surface area (Å²) in [4.78, 5) is 0. The summed E-state index contributed by atoms with van der Waals surface area (Å²) in [5.41, 5.74) is 2.07. The van der Waals surface area contributed by atoms with E-state index in [2.05, 4.69) is 6.92 Å². The van der Waals surface area contributed by atoms with Crippen molar-refractivity contribution >= 4 is 39.0 Å². The molecule has 1 unspecified atom stereocenters. The van der Waals surface area contributed by atoms with Gasteiger partial charge in [0.15, 0.2) is 0 Å². The van der Waals surface area contributed by atoms with Crippen molar-refractivity contribution in [1.29, 1.82) is 5.41 Å². The Morgan fingerprint density at radius 3 is 2.54 bits per heavy atom. The van der Waals surface area contributed by atoms with E-state index < -0.39 is 10.3 Å². The van der Waals surface area contributed by atoms with Crippen molar-refractivity contribution in [3.05, 3.63) is 70.9 Å². The molecule has 1 atom stereocenters. The molecule has 26 heavy (non-hydrogen) atoms. The standard InChI is InChI=1S/C19H19ClN2O3S/c1-19(9-10-21,12-14-5-3-2-4-6-14)15-7-8-18-16(11-15)17(20)13-22(18)26(23,24)25/h2-8,10-11,13,21H,9,12H2,1H3,(H,23,24,25). The fraction of sp³-hybridized carbons (Fsp3) is 0.211. The van der Waals surface area contributed by atoms with Crippen LogP contribution < -0.4 is 0 Å². The Bertz CT molecular complexity index is 1060. The summed E-state index contributed by atoms with van der Waals surface area (Å²) < 4.78 is 33.2. The SMILES string of the molecule is CC(CC=N)(Cc1ccccc1)c1ccc2c(c1)c(Cl)cn2S(=O)(=O)O. The van der Waals surface area contributed by atoms with Gasteiger partial charge in [-0.25, -0.2) is 3.97 Å². The molecule has 1 aromatic heterocycles. The smallest absolute Gasteiger partial charge is 0.313 e. The van der Waals surface area contributed by atoms with E-state index in [1.807, 2.05) is 42.5 Å².